The molecule has 0 atom stereocenters. The SMILES string of the molecule is CN(Cc1ccc(C(=O)NC2CC2)cc1)C(=O)CNC(=O)c1ccc(Cl)cc1Cl. The Bertz CT molecular complexity index is 927. The fourth-order valence-corrected chi connectivity index (χ4v) is 3.17. The van der Waals surface area contributed by atoms with Crippen LogP contribution in [0.25, 0.3) is 0 Å². The molecule has 8 heteroatoms. The second-order valence-electron chi connectivity index (χ2n) is 7.00. The molecule has 1 aliphatic carbocycles. The quantitative estimate of drug-likeness (QED) is 0.702. The molecule has 3 rings (SSSR count). The monoisotopic (exact) mass is 433 g/mol. The van der Waals surface area contributed by atoms with Crippen molar-refractivity contribution in [2.24, 2.45) is 0 Å². The second kappa shape index (κ2) is 9.29. The van der Waals surface area contributed by atoms with Crippen molar-refractivity contribution in [1.29, 1.82) is 0 Å². The summed E-state index contributed by atoms with van der Waals surface area (Å²) >= 11 is 11.8. The van der Waals surface area contributed by atoms with E-state index in [1.54, 1.807) is 25.2 Å². The number of halogens is 2. The molecule has 0 radical (unpaired) electrons. The molecule has 0 heterocycles. The first kappa shape index (κ1) is 21.1. The maximum Gasteiger partial charge on any atom is 0.253 e. The Morgan fingerprint density at radius 1 is 1.03 bits per heavy atom. The van der Waals surface area contributed by atoms with Crippen molar-refractivity contribution in [3.05, 3.63) is 69.2 Å². The Morgan fingerprint density at radius 3 is 2.34 bits per heavy atom. The van der Waals surface area contributed by atoms with Crippen molar-refractivity contribution in [3.8, 4) is 0 Å². The number of carbonyl (C=O) groups is 3. The van der Waals surface area contributed by atoms with Crippen LogP contribution < -0.4 is 10.6 Å². The van der Waals surface area contributed by atoms with Crippen molar-refractivity contribution in [2.75, 3.05) is 13.6 Å². The molecule has 2 N–H and O–H groups in total. The highest BCUT2D eigenvalue weighted by molar-refractivity contribution is 6.36. The zero-order chi connectivity index (χ0) is 21.0. The highest BCUT2D eigenvalue weighted by Gasteiger charge is 2.23. The van der Waals surface area contributed by atoms with Crippen molar-refractivity contribution in [2.45, 2.75) is 25.4 Å². The molecule has 0 aliphatic heterocycles. The van der Waals surface area contributed by atoms with Gasteiger partial charge < -0.3 is 15.5 Å². The number of carbonyl (C=O) groups excluding carboxylic acids is 3. The van der Waals surface area contributed by atoms with Crippen LogP contribution in [0.2, 0.25) is 10.0 Å². The van der Waals surface area contributed by atoms with E-state index in [0.29, 0.717) is 23.2 Å². The van der Waals surface area contributed by atoms with Gasteiger partial charge in [-0.3, -0.25) is 14.4 Å². The normalized spacial score (nSPS) is 12.9. The number of hydrogen-bond acceptors (Lipinski definition) is 3. The lowest BCUT2D eigenvalue weighted by molar-refractivity contribution is -0.129. The molecular weight excluding hydrogens is 413 g/mol. The van der Waals surface area contributed by atoms with Crippen molar-refractivity contribution < 1.29 is 14.4 Å². The van der Waals surface area contributed by atoms with Crippen LogP contribution in [0.1, 0.15) is 39.1 Å². The summed E-state index contributed by atoms with van der Waals surface area (Å²) in [6.07, 6.45) is 2.08. The Balaban J connectivity index is 1.49. The molecular formula is C21H21Cl2N3O3. The van der Waals surface area contributed by atoms with Gasteiger partial charge in [-0.15, -0.1) is 0 Å². The van der Waals surface area contributed by atoms with Gasteiger partial charge >= 0.3 is 0 Å². The maximum atomic E-state index is 12.3. The average molecular weight is 434 g/mol. The molecule has 1 aliphatic rings. The van der Waals surface area contributed by atoms with E-state index in [2.05, 4.69) is 10.6 Å². The van der Waals surface area contributed by atoms with Gasteiger partial charge in [-0.2, -0.15) is 0 Å². The van der Waals surface area contributed by atoms with Gasteiger partial charge in [0.25, 0.3) is 11.8 Å². The Labute approximate surface area is 179 Å². The lowest BCUT2D eigenvalue weighted by Crippen LogP contribution is -2.37. The van der Waals surface area contributed by atoms with Crippen LogP contribution in [0.5, 0.6) is 0 Å². The molecule has 0 spiro atoms. The van der Waals surface area contributed by atoms with E-state index in [0.717, 1.165) is 18.4 Å². The Morgan fingerprint density at radius 2 is 1.72 bits per heavy atom. The molecule has 29 heavy (non-hydrogen) atoms. The molecule has 0 unspecified atom stereocenters. The van der Waals surface area contributed by atoms with E-state index in [1.165, 1.54) is 17.0 Å². The van der Waals surface area contributed by atoms with Crippen LogP contribution in [0.15, 0.2) is 42.5 Å². The van der Waals surface area contributed by atoms with Crippen LogP contribution in [-0.2, 0) is 11.3 Å². The van der Waals surface area contributed by atoms with Gasteiger partial charge in [-0.1, -0.05) is 35.3 Å². The maximum absolute atomic E-state index is 12.3. The van der Waals surface area contributed by atoms with Crippen LogP contribution in [-0.4, -0.2) is 42.3 Å². The van der Waals surface area contributed by atoms with Crippen LogP contribution >= 0.6 is 23.2 Å². The minimum absolute atomic E-state index is 0.0768. The lowest BCUT2D eigenvalue weighted by atomic mass is 10.1. The third-order valence-electron chi connectivity index (χ3n) is 4.55. The number of nitrogens with zero attached hydrogens (tertiary/aromatic N) is 1. The summed E-state index contributed by atoms with van der Waals surface area (Å²) in [5.74, 6) is -0.773. The number of likely N-dealkylation sites (N-methyl/N-ethyl adjacent to an activating group) is 1. The van der Waals surface area contributed by atoms with Gasteiger partial charge in [-0.05, 0) is 48.7 Å². The predicted molar refractivity (Wildman–Crippen MR) is 112 cm³/mol. The molecule has 152 valence electrons. The largest absolute Gasteiger partial charge is 0.349 e. The van der Waals surface area contributed by atoms with Gasteiger partial charge in [0.1, 0.15) is 0 Å². The summed E-state index contributed by atoms with van der Waals surface area (Å²) in [6, 6.07) is 12.0. The molecule has 0 saturated heterocycles. The van der Waals surface area contributed by atoms with E-state index in [9.17, 15) is 14.4 Å². The fraction of sp³-hybridized carbons (Fsp3) is 0.286. The molecule has 2 aromatic carbocycles. The number of amides is 3. The molecule has 0 aromatic heterocycles. The molecule has 0 bridgehead atoms. The zero-order valence-corrected chi connectivity index (χ0v) is 17.4. The van der Waals surface area contributed by atoms with E-state index in [4.69, 9.17) is 23.2 Å². The average Bonchev–Trinajstić information content (AvgIpc) is 3.50. The minimum Gasteiger partial charge on any atom is -0.349 e. The van der Waals surface area contributed by atoms with E-state index < -0.39 is 5.91 Å². The van der Waals surface area contributed by atoms with Crippen molar-refractivity contribution in [3.63, 3.8) is 0 Å². The van der Waals surface area contributed by atoms with Crippen LogP contribution in [0.4, 0.5) is 0 Å². The van der Waals surface area contributed by atoms with Crippen LogP contribution in [0.3, 0.4) is 0 Å². The topological polar surface area (TPSA) is 78.5 Å². The van der Waals surface area contributed by atoms with Gasteiger partial charge in [0, 0.05) is 30.2 Å². The van der Waals surface area contributed by atoms with E-state index in [-0.39, 0.29) is 28.9 Å². The summed E-state index contributed by atoms with van der Waals surface area (Å²) in [5.41, 5.74) is 1.74. The second-order valence-corrected chi connectivity index (χ2v) is 7.84. The number of benzene rings is 2. The van der Waals surface area contributed by atoms with E-state index >= 15 is 0 Å². The molecule has 1 saturated carbocycles. The molecule has 1 fully saturated rings. The summed E-state index contributed by atoms with van der Waals surface area (Å²) in [6.45, 7) is 0.205. The third kappa shape index (κ3) is 5.95. The van der Waals surface area contributed by atoms with Crippen LogP contribution in [0, 0.1) is 0 Å². The molecule has 3 amide bonds. The zero-order valence-electron chi connectivity index (χ0n) is 15.9. The highest BCUT2D eigenvalue weighted by Crippen LogP contribution is 2.21. The first-order valence-corrected chi connectivity index (χ1v) is 9.96. The number of hydrogen-bond donors (Lipinski definition) is 2. The fourth-order valence-electron chi connectivity index (χ4n) is 2.68. The van der Waals surface area contributed by atoms with E-state index in [1.807, 2.05) is 12.1 Å². The van der Waals surface area contributed by atoms with Gasteiger partial charge in [0.05, 0.1) is 17.1 Å². The predicted octanol–water partition coefficient (Wildman–Crippen LogP) is 3.27. The smallest absolute Gasteiger partial charge is 0.253 e. The standard InChI is InChI=1S/C21H21Cl2N3O3/c1-26(12-13-2-4-14(5-3-13)20(28)25-16-7-8-16)19(27)11-24-21(29)17-9-6-15(22)10-18(17)23/h2-6,9-10,16H,7-8,11-12H2,1H3,(H,24,29)(H,25,28). The lowest BCUT2D eigenvalue weighted by Gasteiger charge is -2.18. The molecule has 6 nitrogen and oxygen atoms in total. The summed E-state index contributed by atoms with van der Waals surface area (Å²) in [5, 5.41) is 6.15. The van der Waals surface area contributed by atoms with Crippen molar-refractivity contribution >= 4 is 40.9 Å². The minimum atomic E-state index is -0.445. The van der Waals surface area contributed by atoms with Gasteiger partial charge in [-0.25, -0.2) is 0 Å². The van der Waals surface area contributed by atoms with Gasteiger partial charge in [0.15, 0.2) is 0 Å². The summed E-state index contributed by atoms with van der Waals surface area (Å²) < 4.78 is 0. The Hall–Kier alpha value is -2.57. The number of nitrogens with one attached hydrogen (secondary N) is 2. The highest BCUT2D eigenvalue weighted by atomic mass is 35.5. The first-order valence-electron chi connectivity index (χ1n) is 9.20. The van der Waals surface area contributed by atoms with Crippen molar-refractivity contribution in [1.82, 2.24) is 15.5 Å². The summed E-state index contributed by atoms with van der Waals surface area (Å²) in [4.78, 5) is 38.0. The Kier molecular flexibility index (Phi) is 6.77. The first-order chi connectivity index (χ1) is 13.8. The molecule has 2 aromatic rings. The summed E-state index contributed by atoms with van der Waals surface area (Å²) in [7, 11) is 1.65. The third-order valence-corrected chi connectivity index (χ3v) is 5.10. The van der Waals surface area contributed by atoms with Gasteiger partial charge in [0.2, 0.25) is 5.91 Å². The number of rotatable bonds is 7.